The molecule has 1 N–H and O–H groups in total. The second kappa shape index (κ2) is 8.95. The molecule has 1 heterocycles. The summed E-state index contributed by atoms with van der Waals surface area (Å²) in [5.41, 5.74) is 1.26. The predicted octanol–water partition coefficient (Wildman–Crippen LogP) is 2.73. The third-order valence-corrected chi connectivity index (χ3v) is 6.08. The molecule has 0 bridgehead atoms. The van der Waals surface area contributed by atoms with Crippen molar-refractivity contribution in [2.45, 2.75) is 18.2 Å². The number of anilines is 1. The van der Waals surface area contributed by atoms with Gasteiger partial charge in [-0.25, -0.2) is 8.42 Å². The molecule has 3 aromatic rings. The van der Waals surface area contributed by atoms with Crippen LogP contribution in [0.5, 0.6) is 11.5 Å². The standard InChI is InChI=1S/C20H21N3O6S/c1-4-30(25,26)15-8-5-13(6-9-15)11-18(24)21-20-23-22-19(29-20)14-7-10-16(27-2)17(12-14)28-3/h5-10,12H,4,11H2,1-3H3,(H,21,23,24). The van der Waals surface area contributed by atoms with Crippen LogP contribution >= 0.6 is 0 Å². The van der Waals surface area contributed by atoms with Crippen molar-refractivity contribution in [2.24, 2.45) is 0 Å². The van der Waals surface area contributed by atoms with Crippen LogP contribution in [0.15, 0.2) is 51.8 Å². The third kappa shape index (κ3) is 4.77. The normalized spacial score (nSPS) is 11.2. The molecular weight excluding hydrogens is 410 g/mol. The van der Waals surface area contributed by atoms with E-state index in [9.17, 15) is 13.2 Å². The second-order valence-electron chi connectivity index (χ2n) is 6.25. The number of benzene rings is 2. The first-order valence-electron chi connectivity index (χ1n) is 9.03. The number of hydrogen-bond donors (Lipinski definition) is 1. The lowest BCUT2D eigenvalue weighted by Gasteiger charge is -2.07. The van der Waals surface area contributed by atoms with Gasteiger partial charge in [-0.05, 0) is 35.9 Å². The van der Waals surface area contributed by atoms with Gasteiger partial charge in [-0.2, -0.15) is 0 Å². The summed E-state index contributed by atoms with van der Waals surface area (Å²) in [6, 6.07) is 11.3. The fraction of sp³-hybridized carbons (Fsp3) is 0.250. The van der Waals surface area contributed by atoms with Crippen LogP contribution in [0.3, 0.4) is 0 Å². The maximum Gasteiger partial charge on any atom is 0.322 e. The summed E-state index contributed by atoms with van der Waals surface area (Å²) >= 11 is 0. The summed E-state index contributed by atoms with van der Waals surface area (Å²) in [7, 11) is -0.221. The Labute approximate surface area is 174 Å². The quantitative estimate of drug-likeness (QED) is 0.578. The minimum absolute atomic E-state index is 0.0202. The lowest BCUT2D eigenvalue weighted by atomic mass is 10.1. The minimum Gasteiger partial charge on any atom is -0.493 e. The summed E-state index contributed by atoms with van der Waals surface area (Å²) in [6.45, 7) is 1.58. The Morgan fingerprint density at radius 1 is 1.03 bits per heavy atom. The van der Waals surface area contributed by atoms with Crippen LogP contribution in [0.2, 0.25) is 0 Å². The lowest BCUT2D eigenvalue weighted by Crippen LogP contribution is -2.14. The van der Waals surface area contributed by atoms with Gasteiger partial charge < -0.3 is 13.9 Å². The van der Waals surface area contributed by atoms with Gasteiger partial charge in [0.25, 0.3) is 0 Å². The Bertz CT molecular complexity index is 1140. The van der Waals surface area contributed by atoms with Crippen LogP contribution in [-0.4, -0.2) is 44.5 Å². The maximum absolute atomic E-state index is 12.3. The number of hydrogen-bond acceptors (Lipinski definition) is 8. The van der Waals surface area contributed by atoms with Crippen molar-refractivity contribution in [3.05, 3.63) is 48.0 Å². The first-order valence-corrected chi connectivity index (χ1v) is 10.7. The van der Waals surface area contributed by atoms with E-state index in [2.05, 4.69) is 15.5 Å². The number of nitrogens with zero attached hydrogens (tertiary/aromatic N) is 2. The van der Waals surface area contributed by atoms with Crippen molar-refractivity contribution in [2.75, 3.05) is 25.3 Å². The molecule has 0 unspecified atom stereocenters. The van der Waals surface area contributed by atoms with Crippen LogP contribution in [0, 0.1) is 0 Å². The molecule has 0 aliphatic carbocycles. The van der Waals surface area contributed by atoms with Crippen LogP contribution in [0.4, 0.5) is 6.01 Å². The van der Waals surface area contributed by atoms with E-state index in [4.69, 9.17) is 13.9 Å². The summed E-state index contributed by atoms with van der Waals surface area (Å²) in [6.07, 6.45) is 0.0283. The van der Waals surface area contributed by atoms with E-state index in [1.807, 2.05) is 0 Å². The summed E-state index contributed by atoms with van der Waals surface area (Å²) < 4.78 is 39.6. The molecule has 9 nitrogen and oxygen atoms in total. The van der Waals surface area contributed by atoms with E-state index < -0.39 is 9.84 Å². The van der Waals surface area contributed by atoms with Gasteiger partial charge in [-0.15, -0.1) is 5.10 Å². The molecule has 0 spiro atoms. The molecular formula is C20H21N3O6S. The largest absolute Gasteiger partial charge is 0.493 e. The highest BCUT2D eigenvalue weighted by Crippen LogP contribution is 2.32. The van der Waals surface area contributed by atoms with E-state index in [-0.39, 0.29) is 34.9 Å². The number of aromatic nitrogens is 2. The number of methoxy groups -OCH3 is 2. The monoisotopic (exact) mass is 431 g/mol. The number of ether oxygens (including phenoxy) is 2. The molecule has 0 saturated carbocycles. The van der Waals surface area contributed by atoms with Crippen molar-refractivity contribution in [1.29, 1.82) is 0 Å². The molecule has 158 valence electrons. The molecule has 0 radical (unpaired) electrons. The molecule has 1 aromatic heterocycles. The molecule has 10 heteroatoms. The molecule has 30 heavy (non-hydrogen) atoms. The van der Waals surface area contributed by atoms with Gasteiger partial charge in [0.2, 0.25) is 11.8 Å². The predicted molar refractivity (Wildman–Crippen MR) is 109 cm³/mol. The zero-order valence-corrected chi connectivity index (χ0v) is 17.5. The second-order valence-corrected chi connectivity index (χ2v) is 8.53. The van der Waals surface area contributed by atoms with Crippen molar-refractivity contribution in [1.82, 2.24) is 10.2 Å². The number of nitrogens with one attached hydrogen (secondary N) is 1. The van der Waals surface area contributed by atoms with Gasteiger partial charge in [-0.3, -0.25) is 10.1 Å². The van der Waals surface area contributed by atoms with Gasteiger partial charge in [0, 0.05) is 5.56 Å². The fourth-order valence-corrected chi connectivity index (χ4v) is 3.57. The fourth-order valence-electron chi connectivity index (χ4n) is 2.69. The summed E-state index contributed by atoms with van der Waals surface area (Å²) in [5, 5.41) is 10.3. The number of carbonyl (C=O) groups excluding carboxylic acids is 1. The lowest BCUT2D eigenvalue weighted by molar-refractivity contribution is -0.115. The van der Waals surface area contributed by atoms with E-state index in [0.717, 1.165) is 0 Å². The Morgan fingerprint density at radius 2 is 1.73 bits per heavy atom. The highest BCUT2D eigenvalue weighted by molar-refractivity contribution is 7.91. The highest BCUT2D eigenvalue weighted by atomic mass is 32.2. The van der Waals surface area contributed by atoms with Crippen molar-refractivity contribution in [3.63, 3.8) is 0 Å². The topological polar surface area (TPSA) is 121 Å². The first-order chi connectivity index (χ1) is 14.4. The third-order valence-electron chi connectivity index (χ3n) is 4.33. The Balaban J connectivity index is 1.67. The molecule has 2 aromatic carbocycles. The summed E-state index contributed by atoms with van der Waals surface area (Å²) in [5.74, 6) is 0.926. The van der Waals surface area contributed by atoms with Crippen molar-refractivity contribution in [3.8, 4) is 23.0 Å². The average Bonchev–Trinajstić information content (AvgIpc) is 3.21. The van der Waals surface area contributed by atoms with Gasteiger partial charge in [0.05, 0.1) is 31.3 Å². The van der Waals surface area contributed by atoms with Crippen molar-refractivity contribution < 1.29 is 27.1 Å². The van der Waals surface area contributed by atoms with E-state index in [0.29, 0.717) is 22.6 Å². The molecule has 0 fully saturated rings. The van der Waals surface area contributed by atoms with E-state index in [1.54, 1.807) is 37.3 Å². The van der Waals surface area contributed by atoms with Crippen LogP contribution < -0.4 is 14.8 Å². The SMILES string of the molecule is CCS(=O)(=O)c1ccc(CC(=O)Nc2nnc(-c3ccc(OC)c(OC)c3)o2)cc1. The van der Waals surface area contributed by atoms with Crippen LogP contribution in [0.1, 0.15) is 12.5 Å². The number of amides is 1. The zero-order chi connectivity index (χ0) is 21.7. The average molecular weight is 431 g/mol. The van der Waals surface area contributed by atoms with Crippen LogP contribution in [-0.2, 0) is 21.1 Å². The zero-order valence-electron chi connectivity index (χ0n) is 16.7. The van der Waals surface area contributed by atoms with Gasteiger partial charge in [0.15, 0.2) is 21.3 Å². The Kier molecular flexibility index (Phi) is 6.36. The van der Waals surface area contributed by atoms with Gasteiger partial charge in [0.1, 0.15) is 0 Å². The van der Waals surface area contributed by atoms with Gasteiger partial charge in [-0.1, -0.05) is 24.2 Å². The Hall–Kier alpha value is -3.40. The molecule has 0 aliphatic rings. The number of sulfone groups is 1. The van der Waals surface area contributed by atoms with E-state index in [1.165, 1.54) is 26.4 Å². The minimum atomic E-state index is -3.28. The molecule has 1 amide bonds. The highest BCUT2D eigenvalue weighted by Gasteiger charge is 2.15. The van der Waals surface area contributed by atoms with Crippen molar-refractivity contribution >= 4 is 21.8 Å². The smallest absolute Gasteiger partial charge is 0.322 e. The molecule has 0 atom stereocenters. The maximum atomic E-state index is 12.3. The van der Waals surface area contributed by atoms with Gasteiger partial charge >= 0.3 is 6.01 Å². The molecule has 0 aliphatic heterocycles. The van der Waals surface area contributed by atoms with Crippen LogP contribution in [0.25, 0.3) is 11.5 Å². The molecule has 3 rings (SSSR count). The first kappa shape index (κ1) is 21.3. The number of rotatable bonds is 8. The van der Waals surface area contributed by atoms with E-state index >= 15 is 0 Å². The molecule has 0 saturated heterocycles. The Morgan fingerprint density at radius 3 is 2.37 bits per heavy atom. The number of carbonyl (C=O) groups is 1. The summed E-state index contributed by atoms with van der Waals surface area (Å²) in [4.78, 5) is 12.5.